The predicted octanol–water partition coefficient (Wildman–Crippen LogP) is -0.738. The summed E-state index contributed by atoms with van der Waals surface area (Å²) >= 11 is 0. The molecule has 0 aromatic heterocycles. The summed E-state index contributed by atoms with van der Waals surface area (Å²) in [6, 6.07) is -0.853. The van der Waals surface area contributed by atoms with E-state index in [1.807, 2.05) is 14.1 Å². The normalized spacial score (nSPS) is 31.3. The third-order valence-electron chi connectivity index (χ3n) is 3.97. The number of aliphatic carboxylic acids is 1. The van der Waals surface area contributed by atoms with E-state index < -0.39 is 18.1 Å². The van der Waals surface area contributed by atoms with Crippen molar-refractivity contribution in [3.05, 3.63) is 0 Å². The first kappa shape index (κ1) is 14.1. The molecule has 0 radical (unpaired) electrons. The molecule has 0 aromatic carbocycles. The predicted molar refractivity (Wildman–Crippen MR) is 67.8 cm³/mol. The van der Waals surface area contributed by atoms with Gasteiger partial charge in [0.1, 0.15) is 6.04 Å². The molecule has 0 aromatic rings. The van der Waals surface area contributed by atoms with E-state index >= 15 is 0 Å². The number of β-amino-alcohol motifs (C(OH)–C–C–N with tert-alkyl or cyclic N) is 1. The summed E-state index contributed by atoms with van der Waals surface area (Å²) in [6.45, 7) is 1.37. The Balaban J connectivity index is 2.01. The van der Waals surface area contributed by atoms with Crippen molar-refractivity contribution in [2.75, 3.05) is 33.7 Å². The molecule has 0 aliphatic carbocycles. The molecule has 2 aliphatic heterocycles. The highest BCUT2D eigenvalue weighted by molar-refractivity contribution is 5.83. The number of likely N-dealkylation sites (tertiary alicyclic amines) is 2. The molecule has 2 heterocycles. The summed E-state index contributed by atoms with van der Waals surface area (Å²) in [7, 11) is 3.94. The Kier molecular flexibility index (Phi) is 3.96. The fourth-order valence-corrected chi connectivity index (χ4v) is 2.78. The van der Waals surface area contributed by atoms with Gasteiger partial charge in [0.05, 0.1) is 6.10 Å². The molecule has 2 rings (SSSR count). The van der Waals surface area contributed by atoms with Gasteiger partial charge in [-0.15, -0.1) is 0 Å². The average Bonchev–Trinajstić information content (AvgIpc) is 2.94. The fraction of sp³-hybridized carbons (Fsp3) is 0.833. The largest absolute Gasteiger partial charge is 0.480 e. The Morgan fingerprint density at radius 3 is 2.47 bits per heavy atom. The van der Waals surface area contributed by atoms with Gasteiger partial charge in [-0.3, -0.25) is 0 Å². The monoisotopic (exact) mass is 271 g/mol. The van der Waals surface area contributed by atoms with Crippen molar-refractivity contribution >= 4 is 12.0 Å². The van der Waals surface area contributed by atoms with Gasteiger partial charge >= 0.3 is 12.0 Å². The van der Waals surface area contributed by atoms with Gasteiger partial charge in [-0.2, -0.15) is 0 Å². The lowest BCUT2D eigenvalue weighted by Crippen LogP contribution is -2.48. The molecule has 0 saturated carbocycles. The number of hydrogen-bond acceptors (Lipinski definition) is 4. The minimum Gasteiger partial charge on any atom is -0.480 e. The van der Waals surface area contributed by atoms with Crippen LogP contribution in [0.25, 0.3) is 0 Å². The molecule has 1 unspecified atom stereocenters. The Morgan fingerprint density at radius 1 is 1.26 bits per heavy atom. The summed E-state index contributed by atoms with van der Waals surface area (Å²) in [5, 5.41) is 18.7. The van der Waals surface area contributed by atoms with Crippen molar-refractivity contribution in [3.63, 3.8) is 0 Å². The SMILES string of the molecule is CN(C)C1CCN(C(=O)N2C[C@H](O)C[C@@H]2C(=O)O)C1. The van der Waals surface area contributed by atoms with Gasteiger partial charge in [-0.05, 0) is 20.5 Å². The molecule has 2 fully saturated rings. The number of hydrogen-bond donors (Lipinski definition) is 2. The summed E-state index contributed by atoms with van der Waals surface area (Å²) in [4.78, 5) is 28.5. The van der Waals surface area contributed by atoms with E-state index in [-0.39, 0.29) is 19.0 Å². The maximum Gasteiger partial charge on any atom is 0.326 e. The number of urea groups is 1. The van der Waals surface area contributed by atoms with Crippen LogP contribution in [0.4, 0.5) is 4.79 Å². The van der Waals surface area contributed by atoms with Gasteiger partial charge in [-0.1, -0.05) is 0 Å². The Labute approximate surface area is 112 Å². The molecule has 7 nitrogen and oxygen atoms in total. The van der Waals surface area contributed by atoms with Crippen LogP contribution in [-0.4, -0.2) is 88.8 Å². The standard InChI is InChI=1S/C12H21N3O4/c1-13(2)8-3-4-14(6-8)12(19)15-7-9(16)5-10(15)11(17)18/h8-10,16H,3-7H2,1-2H3,(H,17,18)/t8?,9-,10-/m1/s1. The van der Waals surface area contributed by atoms with Crippen molar-refractivity contribution in [2.45, 2.75) is 31.0 Å². The lowest BCUT2D eigenvalue weighted by atomic mass is 10.2. The van der Waals surface area contributed by atoms with Crippen molar-refractivity contribution in [2.24, 2.45) is 0 Å². The molecular weight excluding hydrogens is 250 g/mol. The van der Waals surface area contributed by atoms with Crippen molar-refractivity contribution < 1.29 is 19.8 Å². The molecule has 0 bridgehead atoms. The van der Waals surface area contributed by atoms with E-state index in [9.17, 15) is 14.7 Å². The van der Waals surface area contributed by atoms with E-state index in [2.05, 4.69) is 4.90 Å². The molecule has 0 spiro atoms. The van der Waals surface area contributed by atoms with Gasteiger partial charge in [-0.25, -0.2) is 9.59 Å². The molecule has 2 amide bonds. The van der Waals surface area contributed by atoms with Gasteiger partial charge < -0.3 is 24.9 Å². The zero-order valence-corrected chi connectivity index (χ0v) is 11.3. The van der Waals surface area contributed by atoms with Crippen LogP contribution in [0, 0.1) is 0 Å². The molecule has 2 saturated heterocycles. The number of rotatable bonds is 2. The number of aliphatic hydroxyl groups is 1. The first-order valence-corrected chi connectivity index (χ1v) is 6.53. The number of carbonyl (C=O) groups excluding carboxylic acids is 1. The second kappa shape index (κ2) is 5.34. The van der Waals surface area contributed by atoms with E-state index in [0.29, 0.717) is 19.1 Å². The molecule has 7 heteroatoms. The lowest BCUT2D eigenvalue weighted by Gasteiger charge is -2.28. The van der Waals surface area contributed by atoms with Crippen LogP contribution in [-0.2, 0) is 4.79 Å². The highest BCUT2D eigenvalue weighted by atomic mass is 16.4. The Morgan fingerprint density at radius 2 is 1.95 bits per heavy atom. The summed E-state index contributed by atoms with van der Waals surface area (Å²) in [5.41, 5.74) is 0. The van der Waals surface area contributed by atoms with Crippen LogP contribution < -0.4 is 0 Å². The smallest absolute Gasteiger partial charge is 0.326 e. The van der Waals surface area contributed by atoms with Crippen molar-refractivity contribution in [1.82, 2.24) is 14.7 Å². The second-order valence-corrected chi connectivity index (χ2v) is 5.53. The number of carboxylic acid groups (broad SMARTS) is 1. The quantitative estimate of drug-likeness (QED) is 0.691. The van der Waals surface area contributed by atoms with Crippen molar-refractivity contribution in [1.29, 1.82) is 0 Å². The van der Waals surface area contributed by atoms with Gasteiger partial charge in [0.25, 0.3) is 0 Å². The molecule has 19 heavy (non-hydrogen) atoms. The van der Waals surface area contributed by atoms with Crippen LogP contribution in [0.1, 0.15) is 12.8 Å². The van der Waals surface area contributed by atoms with Crippen LogP contribution in [0.5, 0.6) is 0 Å². The molecule has 108 valence electrons. The zero-order valence-electron chi connectivity index (χ0n) is 11.3. The van der Waals surface area contributed by atoms with Crippen molar-refractivity contribution in [3.8, 4) is 0 Å². The number of nitrogens with zero attached hydrogens (tertiary/aromatic N) is 3. The van der Waals surface area contributed by atoms with Crippen LogP contribution >= 0.6 is 0 Å². The molecule has 2 N–H and O–H groups in total. The van der Waals surface area contributed by atoms with E-state index in [0.717, 1.165) is 6.42 Å². The lowest BCUT2D eigenvalue weighted by molar-refractivity contribution is -0.141. The molecule has 2 aliphatic rings. The first-order valence-electron chi connectivity index (χ1n) is 6.53. The summed E-state index contributed by atoms with van der Waals surface area (Å²) in [5.74, 6) is -1.05. The minimum atomic E-state index is -1.05. The van der Waals surface area contributed by atoms with E-state index in [4.69, 9.17) is 5.11 Å². The average molecular weight is 271 g/mol. The maximum absolute atomic E-state index is 12.3. The Bertz CT molecular complexity index is 374. The minimum absolute atomic E-state index is 0.110. The number of carbonyl (C=O) groups is 2. The Hall–Kier alpha value is -1.34. The maximum atomic E-state index is 12.3. The van der Waals surface area contributed by atoms with E-state index in [1.54, 1.807) is 4.90 Å². The summed E-state index contributed by atoms with van der Waals surface area (Å²) in [6.07, 6.45) is 0.274. The third-order valence-corrected chi connectivity index (χ3v) is 3.97. The first-order chi connectivity index (χ1) is 8.90. The van der Waals surface area contributed by atoms with Crippen LogP contribution in [0.2, 0.25) is 0 Å². The van der Waals surface area contributed by atoms with Crippen LogP contribution in [0.3, 0.4) is 0 Å². The van der Waals surface area contributed by atoms with E-state index in [1.165, 1.54) is 4.90 Å². The fourth-order valence-electron chi connectivity index (χ4n) is 2.78. The van der Waals surface area contributed by atoms with Crippen LogP contribution in [0.15, 0.2) is 0 Å². The van der Waals surface area contributed by atoms with Gasteiger partial charge in [0.15, 0.2) is 0 Å². The number of carboxylic acids is 1. The number of likely N-dealkylation sites (N-methyl/N-ethyl adjacent to an activating group) is 1. The third kappa shape index (κ3) is 2.82. The molecular formula is C12H21N3O4. The van der Waals surface area contributed by atoms with Gasteiger partial charge in [0, 0.05) is 32.1 Å². The number of amides is 2. The van der Waals surface area contributed by atoms with Gasteiger partial charge in [0.2, 0.25) is 0 Å². The topological polar surface area (TPSA) is 84.3 Å². The second-order valence-electron chi connectivity index (χ2n) is 5.53. The zero-order chi connectivity index (χ0) is 14.2. The number of aliphatic hydroxyl groups excluding tert-OH is 1. The highest BCUT2D eigenvalue weighted by Gasteiger charge is 2.42. The highest BCUT2D eigenvalue weighted by Crippen LogP contribution is 2.22. The summed E-state index contributed by atoms with van der Waals surface area (Å²) < 4.78 is 0. The molecule has 3 atom stereocenters.